The molecule has 0 bridgehead atoms. The molecule has 0 spiro atoms. The largest absolute Gasteiger partial charge is 0.480 e. The van der Waals surface area contributed by atoms with Crippen LogP contribution in [0.4, 0.5) is 0 Å². The van der Waals surface area contributed by atoms with Crippen LogP contribution >= 0.6 is 0 Å². The second-order valence-electron chi connectivity index (χ2n) is 8.41. The molecule has 2 aromatic rings. The molecule has 3 unspecified atom stereocenters. The summed E-state index contributed by atoms with van der Waals surface area (Å²) >= 11 is 0. The first-order valence-electron chi connectivity index (χ1n) is 9.61. The van der Waals surface area contributed by atoms with Gasteiger partial charge in [-0.15, -0.1) is 0 Å². The molecule has 3 N–H and O–H groups in total. The van der Waals surface area contributed by atoms with Crippen LogP contribution in [0.25, 0.3) is 10.8 Å². The first-order valence-corrected chi connectivity index (χ1v) is 9.61. The van der Waals surface area contributed by atoms with E-state index in [1.165, 1.54) is 0 Å². The molecule has 1 fully saturated rings. The van der Waals surface area contributed by atoms with E-state index in [0.717, 1.165) is 10.8 Å². The van der Waals surface area contributed by atoms with Crippen LogP contribution in [0.1, 0.15) is 45.2 Å². The van der Waals surface area contributed by atoms with E-state index < -0.39 is 23.8 Å². The number of aliphatic carboxylic acids is 1. The number of nitrogens with zero attached hydrogens (tertiary/aromatic N) is 1. The lowest BCUT2D eigenvalue weighted by atomic mass is 9.91. The first kappa shape index (κ1) is 20.3. The van der Waals surface area contributed by atoms with Gasteiger partial charge >= 0.3 is 11.9 Å². The van der Waals surface area contributed by atoms with Crippen molar-refractivity contribution in [3.8, 4) is 0 Å². The van der Waals surface area contributed by atoms with Crippen LogP contribution in [0, 0.1) is 5.92 Å². The molecule has 1 saturated heterocycles. The number of piperidine rings is 1. The van der Waals surface area contributed by atoms with Crippen molar-refractivity contribution in [1.29, 1.82) is 0 Å². The highest BCUT2D eigenvalue weighted by atomic mass is 16.6. The fourth-order valence-corrected chi connectivity index (χ4v) is 3.79. The van der Waals surface area contributed by atoms with Gasteiger partial charge in [-0.1, -0.05) is 36.4 Å². The van der Waals surface area contributed by atoms with Crippen molar-refractivity contribution in [2.24, 2.45) is 11.7 Å². The topological polar surface area (TPSA) is 92.9 Å². The number of ether oxygens (including phenoxy) is 1. The van der Waals surface area contributed by atoms with Crippen LogP contribution in [0.2, 0.25) is 0 Å². The van der Waals surface area contributed by atoms with Crippen molar-refractivity contribution < 1.29 is 19.4 Å². The van der Waals surface area contributed by atoms with Crippen LogP contribution in [0.15, 0.2) is 42.5 Å². The Morgan fingerprint density at radius 2 is 1.86 bits per heavy atom. The Bertz CT molecular complexity index is 874. The second-order valence-corrected chi connectivity index (χ2v) is 8.41. The van der Waals surface area contributed by atoms with Crippen LogP contribution in [-0.4, -0.2) is 40.3 Å². The van der Waals surface area contributed by atoms with E-state index in [1.807, 2.05) is 63.2 Å². The van der Waals surface area contributed by atoms with Crippen molar-refractivity contribution >= 4 is 22.7 Å². The molecule has 0 aromatic heterocycles. The smallest absolute Gasteiger partial charge is 0.325 e. The third-order valence-corrected chi connectivity index (χ3v) is 5.08. The number of rotatable bonds is 4. The summed E-state index contributed by atoms with van der Waals surface area (Å²) in [5, 5.41) is 12.0. The summed E-state index contributed by atoms with van der Waals surface area (Å²) in [6.45, 7) is 5.93. The number of hydrogen-bond donors (Lipinski definition) is 2. The van der Waals surface area contributed by atoms with Crippen molar-refractivity contribution in [3.63, 3.8) is 0 Å². The molecule has 6 heteroatoms. The van der Waals surface area contributed by atoms with Crippen LogP contribution in [0.5, 0.6) is 0 Å². The van der Waals surface area contributed by atoms with Gasteiger partial charge in [-0.05, 0) is 56.0 Å². The van der Waals surface area contributed by atoms with E-state index in [2.05, 4.69) is 0 Å². The van der Waals surface area contributed by atoms with Crippen LogP contribution in [-0.2, 0) is 14.3 Å². The summed E-state index contributed by atoms with van der Waals surface area (Å²) in [6.07, 6.45) is 0.380. The fourth-order valence-electron chi connectivity index (χ4n) is 3.79. The number of carboxylic acid groups (broad SMARTS) is 1. The third kappa shape index (κ3) is 4.51. The van der Waals surface area contributed by atoms with Crippen molar-refractivity contribution in [2.45, 2.75) is 51.4 Å². The number of likely N-dealkylation sites (tertiary alicyclic amines) is 1. The Kier molecular flexibility index (Phi) is 5.72. The van der Waals surface area contributed by atoms with Gasteiger partial charge in [0.25, 0.3) is 0 Å². The average Bonchev–Trinajstić information content (AvgIpc) is 2.61. The highest BCUT2D eigenvalue weighted by Gasteiger charge is 2.38. The van der Waals surface area contributed by atoms with E-state index in [-0.39, 0.29) is 11.9 Å². The van der Waals surface area contributed by atoms with Gasteiger partial charge in [0, 0.05) is 6.54 Å². The zero-order chi connectivity index (χ0) is 20.5. The predicted molar refractivity (Wildman–Crippen MR) is 108 cm³/mol. The van der Waals surface area contributed by atoms with E-state index in [9.17, 15) is 14.7 Å². The van der Waals surface area contributed by atoms with Gasteiger partial charge in [-0.2, -0.15) is 0 Å². The van der Waals surface area contributed by atoms with Gasteiger partial charge in [-0.25, -0.2) is 0 Å². The predicted octanol–water partition coefficient (Wildman–Crippen LogP) is 3.30. The Morgan fingerprint density at radius 1 is 1.18 bits per heavy atom. The van der Waals surface area contributed by atoms with Gasteiger partial charge < -0.3 is 15.6 Å². The average molecular weight is 384 g/mol. The number of carboxylic acids is 1. The minimum absolute atomic E-state index is 0.264. The Labute approximate surface area is 165 Å². The van der Waals surface area contributed by atoms with Gasteiger partial charge in [0.2, 0.25) is 0 Å². The molecule has 1 aliphatic heterocycles. The maximum absolute atomic E-state index is 12.4. The molecule has 1 aliphatic rings. The number of esters is 1. The summed E-state index contributed by atoms with van der Waals surface area (Å²) in [7, 11) is 0. The van der Waals surface area contributed by atoms with Gasteiger partial charge in [0.1, 0.15) is 11.6 Å². The molecule has 0 aliphatic carbocycles. The maximum atomic E-state index is 12.4. The monoisotopic (exact) mass is 384 g/mol. The van der Waals surface area contributed by atoms with Crippen molar-refractivity contribution in [2.75, 3.05) is 6.54 Å². The molecule has 0 saturated carbocycles. The minimum atomic E-state index is -0.943. The standard InChI is InChI=1S/C22H28N2O4/c1-22(2,3)28-21(27)17-10-11-24(18(23)13-17)19(20(25)26)16-9-8-14-6-4-5-7-15(14)12-16/h4-9,12,17-19H,10-11,13,23H2,1-3H3,(H,25,26). The third-order valence-electron chi connectivity index (χ3n) is 5.08. The highest BCUT2D eigenvalue weighted by Crippen LogP contribution is 2.32. The summed E-state index contributed by atoms with van der Waals surface area (Å²) in [5.41, 5.74) is 6.46. The number of fused-ring (bicyclic) bond motifs is 1. The molecule has 0 amide bonds. The summed E-state index contributed by atoms with van der Waals surface area (Å²) in [5.74, 6) is -1.52. The van der Waals surface area contributed by atoms with E-state index in [0.29, 0.717) is 24.9 Å². The van der Waals surface area contributed by atoms with Crippen molar-refractivity contribution in [3.05, 3.63) is 48.0 Å². The first-order chi connectivity index (χ1) is 13.2. The fraction of sp³-hybridized carbons (Fsp3) is 0.455. The van der Waals surface area contributed by atoms with Crippen molar-refractivity contribution in [1.82, 2.24) is 4.90 Å². The Hall–Kier alpha value is -2.44. The Balaban J connectivity index is 1.79. The Morgan fingerprint density at radius 3 is 2.46 bits per heavy atom. The molecule has 28 heavy (non-hydrogen) atoms. The molecular weight excluding hydrogens is 356 g/mol. The van der Waals surface area contributed by atoms with E-state index >= 15 is 0 Å². The maximum Gasteiger partial charge on any atom is 0.325 e. The SMILES string of the molecule is CC(C)(C)OC(=O)C1CCN(C(C(=O)O)c2ccc3ccccc3c2)C(N)C1. The van der Waals surface area contributed by atoms with Gasteiger partial charge in [-0.3, -0.25) is 14.5 Å². The van der Waals surface area contributed by atoms with Gasteiger partial charge in [0.15, 0.2) is 0 Å². The molecular formula is C22H28N2O4. The summed E-state index contributed by atoms with van der Waals surface area (Å²) in [4.78, 5) is 26.2. The number of carbonyl (C=O) groups excluding carboxylic acids is 1. The molecule has 0 radical (unpaired) electrons. The number of carbonyl (C=O) groups is 2. The van der Waals surface area contributed by atoms with Crippen LogP contribution < -0.4 is 5.73 Å². The summed E-state index contributed by atoms with van der Waals surface area (Å²) < 4.78 is 5.47. The highest BCUT2D eigenvalue weighted by molar-refractivity contribution is 5.85. The lowest BCUT2D eigenvalue weighted by Crippen LogP contribution is -2.52. The minimum Gasteiger partial charge on any atom is -0.480 e. The zero-order valence-corrected chi connectivity index (χ0v) is 16.6. The second kappa shape index (κ2) is 7.89. The number of hydrogen-bond acceptors (Lipinski definition) is 5. The van der Waals surface area contributed by atoms with Gasteiger partial charge in [0.05, 0.1) is 12.1 Å². The molecule has 3 atom stereocenters. The number of benzene rings is 2. The molecule has 2 aromatic carbocycles. The van der Waals surface area contributed by atoms with E-state index in [4.69, 9.17) is 10.5 Å². The van der Waals surface area contributed by atoms with E-state index in [1.54, 1.807) is 4.90 Å². The molecule has 6 nitrogen and oxygen atoms in total. The lowest BCUT2D eigenvalue weighted by molar-refractivity contribution is -0.163. The molecule has 3 rings (SSSR count). The quantitative estimate of drug-likeness (QED) is 0.786. The number of nitrogens with two attached hydrogens (primary N) is 1. The summed E-state index contributed by atoms with van der Waals surface area (Å²) in [6, 6.07) is 12.7. The van der Waals surface area contributed by atoms with Crippen LogP contribution in [0.3, 0.4) is 0 Å². The zero-order valence-electron chi connectivity index (χ0n) is 16.6. The molecule has 150 valence electrons. The lowest BCUT2D eigenvalue weighted by Gasteiger charge is -2.40. The normalized spacial score (nSPS) is 22.0. The molecule has 1 heterocycles.